The zero-order valence-corrected chi connectivity index (χ0v) is 15.8. The van der Waals surface area contributed by atoms with E-state index in [0.717, 1.165) is 0 Å². The van der Waals surface area contributed by atoms with Crippen LogP contribution in [0.2, 0.25) is 0 Å². The number of anilines is 1. The highest BCUT2D eigenvalue weighted by atomic mass is 16.5. The molecular formula is C21H19NO7. The number of ketones is 1. The average Bonchev–Trinajstić information content (AvgIpc) is 2.98. The fraction of sp³-hybridized carbons (Fsp3) is 0.190. The number of aliphatic carboxylic acids is 1. The van der Waals surface area contributed by atoms with Gasteiger partial charge in [0.05, 0.1) is 18.7 Å². The zero-order valence-electron chi connectivity index (χ0n) is 15.8. The number of Topliss-reactive ketones (excluding diaryl/α,β-unsaturated/α-hetero) is 1. The predicted molar refractivity (Wildman–Crippen MR) is 103 cm³/mol. The van der Waals surface area contributed by atoms with Crippen LogP contribution in [0.3, 0.4) is 0 Å². The second-order valence-electron chi connectivity index (χ2n) is 6.35. The standard InChI is InChI=1S/C21H19NO7/c1-12(23)18-19(13-4-3-5-16(10-13)28-2)22(21(27)20(18)26)14-6-8-15(9-7-14)29-11-17(24)25/h3-10,19,26H,11H2,1-2H3,(H,24,25)/t19-/m0/s1. The molecular weight excluding hydrogens is 378 g/mol. The lowest BCUT2D eigenvalue weighted by Crippen LogP contribution is -2.30. The van der Waals surface area contributed by atoms with Crippen LogP contribution in [0.1, 0.15) is 18.5 Å². The first-order valence-electron chi connectivity index (χ1n) is 8.69. The third kappa shape index (κ3) is 3.91. The quantitative estimate of drug-likeness (QED) is 0.738. The van der Waals surface area contributed by atoms with Crippen LogP contribution < -0.4 is 14.4 Å². The maximum atomic E-state index is 12.8. The Morgan fingerprint density at radius 1 is 1.10 bits per heavy atom. The van der Waals surface area contributed by atoms with Crippen molar-refractivity contribution in [1.29, 1.82) is 0 Å². The third-order valence-electron chi connectivity index (χ3n) is 4.47. The van der Waals surface area contributed by atoms with Gasteiger partial charge in [-0.1, -0.05) is 12.1 Å². The Labute approximate surface area is 166 Å². The molecule has 2 N–H and O–H groups in total. The molecule has 1 amide bonds. The SMILES string of the molecule is COc1cccc([C@H]2C(C(C)=O)=C(O)C(=O)N2c2ccc(OCC(=O)O)cc2)c1. The molecule has 0 bridgehead atoms. The first-order chi connectivity index (χ1) is 13.8. The Kier molecular flexibility index (Phi) is 5.54. The molecule has 3 rings (SSSR count). The molecule has 0 unspecified atom stereocenters. The fourth-order valence-corrected chi connectivity index (χ4v) is 3.21. The molecule has 150 valence electrons. The van der Waals surface area contributed by atoms with Crippen LogP contribution in [-0.2, 0) is 14.4 Å². The molecule has 0 saturated heterocycles. The van der Waals surface area contributed by atoms with Crippen molar-refractivity contribution in [1.82, 2.24) is 0 Å². The van der Waals surface area contributed by atoms with Gasteiger partial charge >= 0.3 is 5.97 Å². The average molecular weight is 397 g/mol. The third-order valence-corrected chi connectivity index (χ3v) is 4.47. The molecule has 0 fully saturated rings. The maximum absolute atomic E-state index is 12.8. The van der Waals surface area contributed by atoms with Gasteiger partial charge in [-0.3, -0.25) is 14.5 Å². The van der Waals surface area contributed by atoms with Gasteiger partial charge < -0.3 is 19.7 Å². The van der Waals surface area contributed by atoms with Gasteiger partial charge in [-0.15, -0.1) is 0 Å². The maximum Gasteiger partial charge on any atom is 0.341 e. The van der Waals surface area contributed by atoms with E-state index in [9.17, 15) is 19.5 Å². The normalized spacial score (nSPS) is 16.1. The lowest BCUT2D eigenvalue weighted by Gasteiger charge is -2.27. The number of carboxylic acids is 1. The van der Waals surface area contributed by atoms with Crippen molar-refractivity contribution in [2.75, 3.05) is 18.6 Å². The molecule has 2 aromatic carbocycles. The molecule has 2 aromatic rings. The van der Waals surface area contributed by atoms with Crippen LogP contribution in [-0.4, -0.2) is 41.6 Å². The Morgan fingerprint density at radius 2 is 1.79 bits per heavy atom. The molecule has 8 nitrogen and oxygen atoms in total. The van der Waals surface area contributed by atoms with Crippen molar-refractivity contribution in [3.05, 3.63) is 65.4 Å². The molecule has 1 heterocycles. The summed E-state index contributed by atoms with van der Waals surface area (Å²) in [7, 11) is 1.51. The summed E-state index contributed by atoms with van der Waals surface area (Å²) in [5, 5.41) is 19.1. The van der Waals surface area contributed by atoms with Gasteiger partial charge in [-0.2, -0.15) is 0 Å². The van der Waals surface area contributed by atoms with E-state index in [0.29, 0.717) is 22.7 Å². The lowest BCUT2D eigenvalue weighted by molar-refractivity contribution is -0.139. The van der Waals surface area contributed by atoms with Crippen molar-refractivity contribution < 1.29 is 34.1 Å². The second kappa shape index (κ2) is 8.05. The largest absolute Gasteiger partial charge is 0.503 e. The van der Waals surface area contributed by atoms with E-state index >= 15 is 0 Å². The summed E-state index contributed by atoms with van der Waals surface area (Å²) >= 11 is 0. The van der Waals surface area contributed by atoms with E-state index in [2.05, 4.69) is 0 Å². The number of methoxy groups -OCH3 is 1. The minimum absolute atomic E-state index is 0.00513. The van der Waals surface area contributed by atoms with Crippen molar-refractivity contribution in [3.8, 4) is 11.5 Å². The number of rotatable bonds is 7. The number of aliphatic hydroxyl groups is 1. The van der Waals surface area contributed by atoms with Gasteiger partial charge in [0, 0.05) is 5.69 Å². The smallest absolute Gasteiger partial charge is 0.341 e. The molecule has 1 atom stereocenters. The molecule has 8 heteroatoms. The van der Waals surface area contributed by atoms with Crippen LogP contribution in [0.4, 0.5) is 5.69 Å². The van der Waals surface area contributed by atoms with Gasteiger partial charge in [-0.05, 0) is 48.9 Å². The Bertz CT molecular complexity index is 994. The highest BCUT2D eigenvalue weighted by Crippen LogP contribution is 2.41. The summed E-state index contributed by atoms with van der Waals surface area (Å²) < 4.78 is 10.3. The molecule has 0 radical (unpaired) electrons. The van der Waals surface area contributed by atoms with Crippen LogP contribution in [0.25, 0.3) is 0 Å². The van der Waals surface area contributed by atoms with Crippen molar-refractivity contribution in [2.24, 2.45) is 0 Å². The van der Waals surface area contributed by atoms with E-state index in [1.165, 1.54) is 31.1 Å². The fourth-order valence-electron chi connectivity index (χ4n) is 3.21. The van der Waals surface area contributed by atoms with Crippen LogP contribution in [0.5, 0.6) is 11.5 Å². The first kappa shape index (κ1) is 19.9. The summed E-state index contributed by atoms with van der Waals surface area (Å²) in [5.74, 6) is -1.99. The molecule has 0 saturated carbocycles. The lowest BCUT2D eigenvalue weighted by atomic mass is 9.96. The molecule has 1 aliphatic heterocycles. The molecule has 29 heavy (non-hydrogen) atoms. The number of nitrogens with zero attached hydrogens (tertiary/aromatic N) is 1. The Balaban J connectivity index is 2.02. The van der Waals surface area contributed by atoms with E-state index < -0.39 is 36.1 Å². The summed E-state index contributed by atoms with van der Waals surface area (Å²) in [4.78, 5) is 36.9. The number of benzene rings is 2. The van der Waals surface area contributed by atoms with Gasteiger partial charge in [-0.25, -0.2) is 4.79 Å². The van der Waals surface area contributed by atoms with E-state index in [4.69, 9.17) is 14.6 Å². The van der Waals surface area contributed by atoms with Crippen molar-refractivity contribution in [3.63, 3.8) is 0 Å². The minimum Gasteiger partial charge on any atom is -0.503 e. The van der Waals surface area contributed by atoms with Crippen molar-refractivity contribution in [2.45, 2.75) is 13.0 Å². The number of ether oxygens (including phenoxy) is 2. The van der Waals surface area contributed by atoms with Gasteiger partial charge in [0.15, 0.2) is 18.1 Å². The van der Waals surface area contributed by atoms with Crippen LogP contribution >= 0.6 is 0 Å². The van der Waals surface area contributed by atoms with Crippen LogP contribution in [0.15, 0.2) is 59.9 Å². The monoisotopic (exact) mass is 397 g/mol. The second-order valence-corrected chi connectivity index (χ2v) is 6.35. The van der Waals surface area contributed by atoms with Crippen LogP contribution in [0, 0.1) is 0 Å². The number of carbonyl (C=O) groups excluding carboxylic acids is 2. The highest BCUT2D eigenvalue weighted by Gasteiger charge is 2.43. The summed E-state index contributed by atoms with van der Waals surface area (Å²) in [6.07, 6.45) is 0. The number of amides is 1. The number of hydrogen-bond donors (Lipinski definition) is 2. The number of carboxylic acid groups (broad SMARTS) is 1. The predicted octanol–water partition coefficient (Wildman–Crippen LogP) is 2.65. The van der Waals surface area contributed by atoms with Gasteiger partial charge in [0.2, 0.25) is 0 Å². The number of carbonyl (C=O) groups is 3. The first-order valence-corrected chi connectivity index (χ1v) is 8.69. The van der Waals surface area contributed by atoms with Gasteiger partial charge in [0.25, 0.3) is 5.91 Å². The Morgan fingerprint density at radius 3 is 2.38 bits per heavy atom. The van der Waals surface area contributed by atoms with Gasteiger partial charge in [0.1, 0.15) is 11.5 Å². The summed E-state index contributed by atoms with van der Waals surface area (Å²) in [6.45, 7) is 0.795. The molecule has 1 aliphatic rings. The minimum atomic E-state index is -1.11. The molecule has 0 spiro atoms. The molecule has 0 aromatic heterocycles. The zero-order chi connectivity index (χ0) is 21.1. The van der Waals surface area contributed by atoms with Crippen molar-refractivity contribution >= 4 is 23.3 Å². The number of aliphatic hydroxyl groups excluding tert-OH is 1. The van der Waals surface area contributed by atoms with E-state index in [1.807, 2.05) is 0 Å². The molecule has 0 aliphatic carbocycles. The number of hydrogen-bond acceptors (Lipinski definition) is 6. The summed E-state index contributed by atoms with van der Waals surface area (Å²) in [6, 6.07) is 12.2. The highest BCUT2D eigenvalue weighted by molar-refractivity contribution is 6.16. The van der Waals surface area contributed by atoms with E-state index in [1.54, 1.807) is 36.4 Å². The Hall–Kier alpha value is -3.81. The summed E-state index contributed by atoms with van der Waals surface area (Å²) in [5.41, 5.74) is 1.00. The topological polar surface area (TPSA) is 113 Å². The van der Waals surface area contributed by atoms with E-state index in [-0.39, 0.29) is 5.57 Å².